The number of nitrogens with zero attached hydrogens (tertiary/aromatic N) is 1. The number of rotatable bonds is 3. The normalized spacial score (nSPS) is 11.2. The third-order valence-corrected chi connectivity index (χ3v) is 6.49. The smallest absolute Gasteiger partial charge is 0.124 e. The molecule has 126 valence electrons. The molecule has 0 atom stereocenters. The summed E-state index contributed by atoms with van der Waals surface area (Å²) in [5, 5.41) is 9.98. The van der Waals surface area contributed by atoms with E-state index in [4.69, 9.17) is 4.99 Å². The number of hydrogen-bond donors (Lipinski definition) is 1. The van der Waals surface area contributed by atoms with Crippen molar-refractivity contribution < 1.29 is 5.11 Å². The third-order valence-electron chi connectivity index (χ3n) is 4.05. The van der Waals surface area contributed by atoms with Gasteiger partial charge in [0.1, 0.15) is 5.75 Å². The lowest BCUT2D eigenvalue weighted by atomic mass is 10.0. The molecule has 0 aromatic heterocycles. The Morgan fingerprint density at radius 3 is 2.32 bits per heavy atom. The van der Waals surface area contributed by atoms with Gasteiger partial charge in [-0.15, -0.1) is 0 Å². The van der Waals surface area contributed by atoms with Gasteiger partial charge < -0.3 is 5.11 Å². The fourth-order valence-electron chi connectivity index (χ4n) is 2.51. The first-order valence-corrected chi connectivity index (χ1v) is 10.0. The number of phenolic OH excluding ortho intramolecular Hbond substituents is 1. The van der Waals surface area contributed by atoms with Gasteiger partial charge in [0.2, 0.25) is 0 Å². The van der Waals surface area contributed by atoms with Gasteiger partial charge in [-0.05, 0) is 88.4 Å². The average molecular weight is 553 g/mol. The summed E-state index contributed by atoms with van der Waals surface area (Å²) in [6.07, 6.45) is 1.73. The van der Waals surface area contributed by atoms with Crippen LogP contribution in [0.25, 0.3) is 11.1 Å². The van der Waals surface area contributed by atoms with Crippen molar-refractivity contribution in [2.45, 2.75) is 13.8 Å². The maximum Gasteiger partial charge on any atom is 0.124 e. The minimum absolute atomic E-state index is 0.236. The van der Waals surface area contributed by atoms with E-state index in [1.54, 1.807) is 12.3 Å². The van der Waals surface area contributed by atoms with E-state index in [2.05, 4.69) is 89.4 Å². The van der Waals surface area contributed by atoms with Crippen molar-refractivity contribution in [2.24, 2.45) is 4.99 Å². The first kappa shape index (κ1) is 18.4. The molecule has 0 amide bonds. The summed E-state index contributed by atoms with van der Waals surface area (Å²) in [4.78, 5) is 4.74. The lowest BCUT2D eigenvalue weighted by Crippen LogP contribution is -1.92. The van der Waals surface area contributed by atoms with Gasteiger partial charge in [-0.1, -0.05) is 42.0 Å². The van der Waals surface area contributed by atoms with Crippen molar-refractivity contribution in [1.29, 1.82) is 0 Å². The topological polar surface area (TPSA) is 32.6 Å². The molecule has 3 rings (SSSR count). The maximum atomic E-state index is 9.98. The second-order valence-corrected chi connectivity index (χ2v) is 8.12. The summed E-state index contributed by atoms with van der Waals surface area (Å²) in [6, 6.07) is 17.9. The Labute approximate surface area is 175 Å². The maximum absolute atomic E-state index is 9.98. The molecule has 0 saturated heterocycles. The number of aromatic hydroxyl groups is 1. The van der Waals surface area contributed by atoms with Crippen molar-refractivity contribution in [3.8, 4) is 16.9 Å². The van der Waals surface area contributed by atoms with Crippen LogP contribution in [-0.2, 0) is 0 Å². The molecule has 3 aromatic rings. The van der Waals surface area contributed by atoms with Gasteiger partial charge in [-0.25, -0.2) is 0 Å². The highest BCUT2D eigenvalue weighted by Crippen LogP contribution is 2.38. The number of aryl methyl sites for hydroxylation is 1. The second-order valence-electron chi connectivity index (χ2n) is 5.88. The lowest BCUT2D eigenvalue weighted by molar-refractivity contribution is 0.474. The molecule has 0 aliphatic heterocycles. The molecule has 3 aromatic carbocycles. The summed E-state index contributed by atoms with van der Waals surface area (Å²) >= 11 is 4.73. The average Bonchev–Trinajstić information content (AvgIpc) is 2.61. The van der Waals surface area contributed by atoms with Crippen LogP contribution in [0.4, 0.5) is 5.69 Å². The second kappa shape index (κ2) is 7.86. The molecule has 0 bridgehead atoms. The number of hydrogen-bond acceptors (Lipinski definition) is 2. The Bertz CT molecular complexity index is 947. The molecule has 0 radical (unpaired) electrons. The Hall–Kier alpha value is -1.41. The Balaban J connectivity index is 2.16. The van der Waals surface area contributed by atoms with E-state index in [-0.39, 0.29) is 5.75 Å². The molecule has 1 N–H and O–H groups in total. The van der Waals surface area contributed by atoms with Gasteiger partial charge in [0.15, 0.2) is 0 Å². The first-order chi connectivity index (χ1) is 12.0. The van der Waals surface area contributed by atoms with Crippen LogP contribution in [0.2, 0.25) is 0 Å². The minimum atomic E-state index is 0.236. The van der Waals surface area contributed by atoms with E-state index in [1.807, 2.05) is 18.2 Å². The Morgan fingerprint density at radius 2 is 1.64 bits per heavy atom. The van der Waals surface area contributed by atoms with Gasteiger partial charge in [0, 0.05) is 24.5 Å². The Morgan fingerprint density at radius 1 is 0.960 bits per heavy atom. The van der Waals surface area contributed by atoms with Crippen molar-refractivity contribution in [3.63, 3.8) is 0 Å². The monoisotopic (exact) mass is 553 g/mol. The van der Waals surface area contributed by atoms with E-state index >= 15 is 0 Å². The zero-order chi connectivity index (χ0) is 18.0. The highest BCUT2D eigenvalue weighted by atomic mass is 127. The molecule has 0 unspecified atom stereocenters. The summed E-state index contributed by atoms with van der Waals surface area (Å²) in [7, 11) is 0. The SMILES string of the molecule is Cc1ccc(-c2cc(I)c(C)c(I)c2N=Cc2ccccc2O)cc1. The predicted molar refractivity (Wildman–Crippen MR) is 122 cm³/mol. The minimum Gasteiger partial charge on any atom is -0.507 e. The van der Waals surface area contributed by atoms with E-state index in [0.717, 1.165) is 20.4 Å². The van der Waals surface area contributed by atoms with Gasteiger partial charge in [-0.2, -0.15) is 0 Å². The molecule has 2 nitrogen and oxygen atoms in total. The number of halogens is 2. The number of phenols is 1. The zero-order valence-corrected chi connectivity index (χ0v) is 18.2. The third kappa shape index (κ3) is 4.06. The van der Waals surface area contributed by atoms with Gasteiger partial charge in [-0.3, -0.25) is 4.99 Å². The molecule has 0 aliphatic carbocycles. The molecule has 0 aliphatic rings. The standard InChI is InChI=1S/C21H17I2NO/c1-13-7-9-15(10-8-13)17-11-18(22)14(2)20(23)21(17)24-12-16-5-3-4-6-19(16)25/h3-12,25H,1-2H3. The van der Waals surface area contributed by atoms with Crippen molar-refractivity contribution in [3.05, 3.63) is 78.4 Å². The summed E-state index contributed by atoms with van der Waals surface area (Å²) in [5.74, 6) is 0.236. The van der Waals surface area contributed by atoms with E-state index < -0.39 is 0 Å². The van der Waals surface area contributed by atoms with Gasteiger partial charge in [0.25, 0.3) is 0 Å². The largest absolute Gasteiger partial charge is 0.507 e. The van der Waals surface area contributed by atoms with Crippen LogP contribution in [0.5, 0.6) is 5.75 Å². The van der Waals surface area contributed by atoms with E-state index in [9.17, 15) is 5.11 Å². The van der Waals surface area contributed by atoms with Gasteiger partial charge in [0.05, 0.1) is 5.69 Å². The van der Waals surface area contributed by atoms with Gasteiger partial charge >= 0.3 is 0 Å². The van der Waals surface area contributed by atoms with Crippen molar-refractivity contribution in [1.82, 2.24) is 0 Å². The number of benzene rings is 3. The molecule has 0 fully saturated rings. The van der Waals surface area contributed by atoms with Crippen LogP contribution in [0.1, 0.15) is 16.7 Å². The number of para-hydroxylation sites is 1. The van der Waals surface area contributed by atoms with Crippen LogP contribution in [0, 0.1) is 21.0 Å². The molecular formula is C21H17I2NO. The van der Waals surface area contributed by atoms with Crippen LogP contribution in [0.15, 0.2) is 59.6 Å². The zero-order valence-electron chi connectivity index (χ0n) is 13.9. The van der Waals surface area contributed by atoms with Crippen LogP contribution in [0.3, 0.4) is 0 Å². The van der Waals surface area contributed by atoms with E-state index in [1.165, 1.54) is 14.7 Å². The van der Waals surface area contributed by atoms with Crippen molar-refractivity contribution in [2.75, 3.05) is 0 Å². The van der Waals surface area contributed by atoms with Crippen molar-refractivity contribution >= 4 is 57.1 Å². The molecule has 0 heterocycles. The quantitative estimate of drug-likeness (QED) is 0.287. The van der Waals surface area contributed by atoms with Crippen LogP contribution in [-0.4, -0.2) is 11.3 Å². The fourth-order valence-corrected chi connectivity index (χ4v) is 4.33. The highest BCUT2D eigenvalue weighted by molar-refractivity contribution is 14.1. The molecular weight excluding hydrogens is 536 g/mol. The predicted octanol–water partition coefficient (Wildman–Crippen LogP) is 6.64. The fraction of sp³-hybridized carbons (Fsp3) is 0.0952. The molecule has 0 spiro atoms. The highest BCUT2D eigenvalue weighted by Gasteiger charge is 2.13. The summed E-state index contributed by atoms with van der Waals surface area (Å²) in [6.45, 7) is 4.20. The van der Waals surface area contributed by atoms with E-state index in [0.29, 0.717) is 5.56 Å². The molecule has 0 saturated carbocycles. The van der Waals surface area contributed by atoms with Crippen LogP contribution >= 0.6 is 45.2 Å². The summed E-state index contributed by atoms with van der Waals surface area (Å²) in [5.41, 5.74) is 6.35. The molecule has 4 heteroatoms. The first-order valence-electron chi connectivity index (χ1n) is 7.85. The summed E-state index contributed by atoms with van der Waals surface area (Å²) < 4.78 is 2.35. The number of aliphatic imine (C=N–C) groups is 1. The molecule has 25 heavy (non-hydrogen) atoms. The lowest BCUT2D eigenvalue weighted by Gasteiger charge is -2.13. The Kier molecular flexibility index (Phi) is 5.78. The van der Waals surface area contributed by atoms with Crippen LogP contribution < -0.4 is 0 Å².